The second-order valence-electron chi connectivity index (χ2n) is 6.93. The SMILES string of the molecule is Cc1ccc(CCC(=O)NC2CCN(C(=O)C3CC3)CC2)cc1. The van der Waals surface area contributed by atoms with Crippen molar-refractivity contribution in [3.63, 3.8) is 0 Å². The van der Waals surface area contributed by atoms with Crippen LogP contribution in [-0.2, 0) is 16.0 Å². The van der Waals surface area contributed by atoms with Crippen LogP contribution in [0.1, 0.15) is 43.2 Å². The lowest BCUT2D eigenvalue weighted by Crippen LogP contribution is -2.47. The summed E-state index contributed by atoms with van der Waals surface area (Å²) in [5.41, 5.74) is 2.45. The van der Waals surface area contributed by atoms with Gasteiger partial charge in [-0.3, -0.25) is 9.59 Å². The molecule has 3 rings (SSSR count). The summed E-state index contributed by atoms with van der Waals surface area (Å²) in [7, 11) is 0. The van der Waals surface area contributed by atoms with Crippen molar-refractivity contribution in [2.45, 2.75) is 51.5 Å². The van der Waals surface area contributed by atoms with E-state index in [0.717, 1.165) is 45.2 Å². The van der Waals surface area contributed by atoms with E-state index >= 15 is 0 Å². The van der Waals surface area contributed by atoms with E-state index in [4.69, 9.17) is 0 Å². The summed E-state index contributed by atoms with van der Waals surface area (Å²) in [6.07, 6.45) is 5.21. The second-order valence-corrected chi connectivity index (χ2v) is 6.93. The first-order valence-corrected chi connectivity index (χ1v) is 8.75. The number of amides is 2. The van der Waals surface area contributed by atoms with Crippen LogP contribution in [0.2, 0.25) is 0 Å². The van der Waals surface area contributed by atoms with Gasteiger partial charge in [0.1, 0.15) is 0 Å². The lowest BCUT2D eigenvalue weighted by molar-refractivity contribution is -0.133. The highest BCUT2D eigenvalue weighted by atomic mass is 16.2. The zero-order chi connectivity index (χ0) is 16.2. The Morgan fingerprint density at radius 3 is 2.35 bits per heavy atom. The van der Waals surface area contributed by atoms with Crippen molar-refractivity contribution in [3.05, 3.63) is 35.4 Å². The summed E-state index contributed by atoms with van der Waals surface area (Å²) in [6, 6.07) is 8.57. The molecule has 1 aliphatic heterocycles. The molecule has 1 N–H and O–H groups in total. The molecule has 2 aliphatic rings. The van der Waals surface area contributed by atoms with Gasteiger partial charge in [0.15, 0.2) is 0 Å². The fourth-order valence-corrected chi connectivity index (χ4v) is 3.15. The molecule has 0 unspecified atom stereocenters. The van der Waals surface area contributed by atoms with Crippen molar-refractivity contribution in [2.75, 3.05) is 13.1 Å². The third kappa shape index (κ3) is 4.57. The molecule has 1 heterocycles. The van der Waals surface area contributed by atoms with Crippen LogP contribution in [0, 0.1) is 12.8 Å². The molecule has 1 saturated heterocycles. The van der Waals surface area contributed by atoms with E-state index in [-0.39, 0.29) is 11.9 Å². The molecule has 0 bridgehead atoms. The minimum atomic E-state index is 0.123. The van der Waals surface area contributed by atoms with Crippen LogP contribution in [0.4, 0.5) is 0 Å². The summed E-state index contributed by atoms with van der Waals surface area (Å²) < 4.78 is 0. The molecule has 1 aliphatic carbocycles. The Bertz CT molecular complexity index is 555. The van der Waals surface area contributed by atoms with E-state index in [1.807, 2.05) is 4.90 Å². The van der Waals surface area contributed by atoms with E-state index in [9.17, 15) is 9.59 Å². The molecule has 1 aromatic carbocycles. The normalized spacial score (nSPS) is 18.7. The molecule has 2 fully saturated rings. The van der Waals surface area contributed by atoms with Gasteiger partial charge in [0, 0.05) is 31.5 Å². The Kier molecular flexibility index (Phi) is 4.99. The van der Waals surface area contributed by atoms with Crippen LogP contribution < -0.4 is 5.32 Å². The Balaban J connectivity index is 1.37. The summed E-state index contributed by atoms with van der Waals surface area (Å²) in [6.45, 7) is 3.65. The third-order valence-electron chi connectivity index (χ3n) is 4.86. The summed E-state index contributed by atoms with van der Waals surface area (Å²) in [4.78, 5) is 26.1. The predicted octanol–water partition coefficient (Wildman–Crippen LogP) is 2.44. The molecule has 0 aromatic heterocycles. The number of rotatable bonds is 5. The number of nitrogens with zero attached hydrogens (tertiary/aromatic N) is 1. The number of benzene rings is 1. The maximum absolute atomic E-state index is 12.1. The molecule has 1 aromatic rings. The third-order valence-corrected chi connectivity index (χ3v) is 4.86. The van der Waals surface area contributed by atoms with Crippen molar-refractivity contribution in [2.24, 2.45) is 5.92 Å². The van der Waals surface area contributed by atoms with Gasteiger partial charge in [-0.2, -0.15) is 0 Å². The van der Waals surface area contributed by atoms with Crippen molar-refractivity contribution in [1.29, 1.82) is 0 Å². The average Bonchev–Trinajstić information content (AvgIpc) is 3.39. The van der Waals surface area contributed by atoms with Gasteiger partial charge < -0.3 is 10.2 Å². The molecule has 23 heavy (non-hydrogen) atoms. The van der Waals surface area contributed by atoms with Gasteiger partial charge >= 0.3 is 0 Å². The molecule has 1 saturated carbocycles. The highest BCUT2D eigenvalue weighted by molar-refractivity contribution is 5.81. The monoisotopic (exact) mass is 314 g/mol. The molecule has 4 nitrogen and oxygen atoms in total. The van der Waals surface area contributed by atoms with E-state index in [1.165, 1.54) is 11.1 Å². The fourth-order valence-electron chi connectivity index (χ4n) is 3.15. The van der Waals surface area contributed by atoms with E-state index < -0.39 is 0 Å². The first-order valence-electron chi connectivity index (χ1n) is 8.75. The zero-order valence-corrected chi connectivity index (χ0v) is 13.9. The van der Waals surface area contributed by atoms with Gasteiger partial charge in [0.25, 0.3) is 0 Å². The standard InChI is InChI=1S/C19H26N2O2/c1-14-2-4-15(5-3-14)6-9-18(22)20-17-10-12-21(13-11-17)19(23)16-7-8-16/h2-5,16-17H,6-13H2,1H3,(H,20,22). The minimum Gasteiger partial charge on any atom is -0.353 e. The van der Waals surface area contributed by atoms with Gasteiger partial charge in [-0.25, -0.2) is 0 Å². The van der Waals surface area contributed by atoms with Crippen LogP contribution in [0.3, 0.4) is 0 Å². The topological polar surface area (TPSA) is 49.4 Å². The minimum absolute atomic E-state index is 0.123. The smallest absolute Gasteiger partial charge is 0.225 e. The number of carbonyl (C=O) groups excluding carboxylic acids is 2. The summed E-state index contributed by atoms with van der Waals surface area (Å²) in [5, 5.41) is 3.13. The quantitative estimate of drug-likeness (QED) is 0.907. The Morgan fingerprint density at radius 2 is 1.74 bits per heavy atom. The lowest BCUT2D eigenvalue weighted by atomic mass is 10.0. The molecule has 0 atom stereocenters. The van der Waals surface area contributed by atoms with Gasteiger partial charge in [0.2, 0.25) is 11.8 Å². The number of carbonyl (C=O) groups is 2. The van der Waals surface area contributed by atoms with Crippen LogP contribution in [0.25, 0.3) is 0 Å². The van der Waals surface area contributed by atoms with E-state index in [2.05, 4.69) is 36.5 Å². The predicted molar refractivity (Wildman–Crippen MR) is 90.0 cm³/mol. The number of nitrogens with one attached hydrogen (secondary N) is 1. The molecule has 0 radical (unpaired) electrons. The number of aryl methyl sites for hydroxylation is 2. The average molecular weight is 314 g/mol. The van der Waals surface area contributed by atoms with Crippen molar-refractivity contribution < 1.29 is 9.59 Å². The van der Waals surface area contributed by atoms with E-state index in [0.29, 0.717) is 18.2 Å². The van der Waals surface area contributed by atoms with Crippen molar-refractivity contribution >= 4 is 11.8 Å². The van der Waals surface area contributed by atoms with Gasteiger partial charge in [-0.1, -0.05) is 29.8 Å². The number of hydrogen-bond donors (Lipinski definition) is 1. The largest absolute Gasteiger partial charge is 0.353 e. The van der Waals surface area contributed by atoms with Crippen molar-refractivity contribution in [3.8, 4) is 0 Å². The Labute approximate surface area is 138 Å². The molecule has 4 heteroatoms. The number of likely N-dealkylation sites (tertiary alicyclic amines) is 1. The zero-order valence-electron chi connectivity index (χ0n) is 13.9. The molecular weight excluding hydrogens is 288 g/mol. The Morgan fingerprint density at radius 1 is 1.09 bits per heavy atom. The first-order chi connectivity index (χ1) is 11.1. The molecule has 124 valence electrons. The maximum atomic E-state index is 12.1. The van der Waals surface area contributed by atoms with E-state index in [1.54, 1.807) is 0 Å². The van der Waals surface area contributed by atoms with Gasteiger partial charge in [0.05, 0.1) is 0 Å². The highest BCUT2D eigenvalue weighted by Crippen LogP contribution is 2.31. The van der Waals surface area contributed by atoms with Crippen LogP contribution in [0.5, 0.6) is 0 Å². The molecular formula is C19H26N2O2. The van der Waals surface area contributed by atoms with Crippen molar-refractivity contribution in [1.82, 2.24) is 10.2 Å². The van der Waals surface area contributed by atoms with Crippen LogP contribution in [-0.4, -0.2) is 35.8 Å². The van der Waals surface area contributed by atoms with Gasteiger partial charge in [-0.05, 0) is 44.6 Å². The summed E-state index contributed by atoms with van der Waals surface area (Å²) >= 11 is 0. The van der Waals surface area contributed by atoms with Crippen LogP contribution in [0.15, 0.2) is 24.3 Å². The molecule has 0 spiro atoms. The fraction of sp³-hybridized carbons (Fsp3) is 0.579. The maximum Gasteiger partial charge on any atom is 0.225 e. The number of piperidine rings is 1. The number of hydrogen-bond acceptors (Lipinski definition) is 2. The first kappa shape index (κ1) is 16.0. The van der Waals surface area contributed by atoms with Crippen LogP contribution >= 0.6 is 0 Å². The lowest BCUT2D eigenvalue weighted by Gasteiger charge is -2.32. The van der Waals surface area contributed by atoms with Gasteiger partial charge in [-0.15, -0.1) is 0 Å². The molecule has 2 amide bonds. The second kappa shape index (κ2) is 7.16. The summed E-state index contributed by atoms with van der Waals surface area (Å²) in [5.74, 6) is 0.752. The highest BCUT2D eigenvalue weighted by Gasteiger charge is 2.34. The Hall–Kier alpha value is -1.84.